The third kappa shape index (κ3) is 3.73. The maximum absolute atomic E-state index is 11.0. The Bertz CT molecular complexity index is 698. The minimum atomic E-state index is -1.08. The SMILES string of the molecule is CC(=O)Nc1cccc(Nc2ccc(N)c(C(=O)O)c2)c1. The van der Waals surface area contributed by atoms with Crippen molar-refractivity contribution in [2.24, 2.45) is 0 Å². The molecule has 0 heterocycles. The average molecular weight is 285 g/mol. The first-order valence-corrected chi connectivity index (χ1v) is 6.23. The Morgan fingerprint density at radius 2 is 1.71 bits per heavy atom. The van der Waals surface area contributed by atoms with Gasteiger partial charge in [-0.15, -0.1) is 0 Å². The van der Waals surface area contributed by atoms with Crippen LogP contribution in [0.4, 0.5) is 22.7 Å². The van der Waals surface area contributed by atoms with Gasteiger partial charge in [-0.25, -0.2) is 4.79 Å². The van der Waals surface area contributed by atoms with Crippen LogP contribution in [-0.2, 0) is 4.79 Å². The molecule has 0 fully saturated rings. The molecule has 0 bridgehead atoms. The second-order valence-corrected chi connectivity index (χ2v) is 4.49. The zero-order valence-electron chi connectivity index (χ0n) is 11.4. The van der Waals surface area contributed by atoms with Crippen LogP contribution >= 0.6 is 0 Å². The summed E-state index contributed by atoms with van der Waals surface area (Å²) >= 11 is 0. The van der Waals surface area contributed by atoms with Crippen LogP contribution < -0.4 is 16.4 Å². The van der Waals surface area contributed by atoms with E-state index in [0.29, 0.717) is 11.4 Å². The molecule has 2 rings (SSSR count). The first kappa shape index (κ1) is 14.4. The number of carbonyl (C=O) groups excluding carboxylic acids is 1. The number of nitrogens with one attached hydrogen (secondary N) is 2. The summed E-state index contributed by atoms with van der Waals surface area (Å²) in [6.45, 7) is 1.43. The maximum Gasteiger partial charge on any atom is 0.337 e. The number of benzene rings is 2. The number of carboxylic acids is 1. The number of nitrogen functional groups attached to an aromatic ring is 1. The topological polar surface area (TPSA) is 104 Å². The standard InChI is InChI=1S/C15H15N3O3/c1-9(19)17-10-3-2-4-11(7-10)18-12-5-6-14(16)13(8-12)15(20)21/h2-8,18H,16H2,1H3,(H,17,19)(H,20,21). The van der Waals surface area contributed by atoms with Crippen LogP contribution in [0.1, 0.15) is 17.3 Å². The molecule has 108 valence electrons. The molecular weight excluding hydrogens is 270 g/mol. The van der Waals surface area contributed by atoms with Crippen molar-refractivity contribution < 1.29 is 14.7 Å². The third-order valence-electron chi connectivity index (χ3n) is 2.76. The summed E-state index contributed by atoms with van der Waals surface area (Å²) in [7, 11) is 0. The van der Waals surface area contributed by atoms with Crippen LogP contribution in [0.5, 0.6) is 0 Å². The Balaban J connectivity index is 2.24. The predicted molar refractivity (Wildman–Crippen MR) is 81.8 cm³/mol. The van der Waals surface area contributed by atoms with Crippen LogP contribution in [0.15, 0.2) is 42.5 Å². The van der Waals surface area contributed by atoms with Gasteiger partial charge in [0, 0.05) is 29.7 Å². The van der Waals surface area contributed by atoms with E-state index in [0.717, 1.165) is 5.69 Å². The molecule has 0 radical (unpaired) electrons. The number of carbonyl (C=O) groups is 2. The van der Waals surface area contributed by atoms with Gasteiger partial charge in [-0.3, -0.25) is 4.79 Å². The first-order chi connectivity index (χ1) is 9.95. The van der Waals surface area contributed by atoms with Crippen LogP contribution in [0.2, 0.25) is 0 Å². The van der Waals surface area contributed by atoms with Gasteiger partial charge in [-0.2, -0.15) is 0 Å². The van der Waals surface area contributed by atoms with Gasteiger partial charge < -0.3 is 21.5 Å². The molecule has 1 amide bonds. The molecule has 0 saturated heterocycles. The van der Waals surface area contributed by atoms with Gasteiger partial charge in [0.1, 0.15) is 0 Å². The fraction of sp³-hybridized carbons (Fsp3) is 0.0667. The van der Waals surface area contributed by atoms with Gasteiger partial charge in [0.2, 0.25) is 5.91 Å². The summed E-state index contributed by atoms with van der Waals surface area (Å²) < 4.78 is 0. The lowest BCUT2D eigenvalue weighted by molar-refractivity contribution is -0.114. The largest absolute Gasteiger partial charge is 0.478 e. The Morgan fingerprint density at radius 3 is 2.38 bits per heavy atom. The van der Waals surface area contributed by atoms with Crippen LogP contribution in [-0.4, -0.2) is 17.0 Å². The maximum atomic E-state index is 11.0. The van der Waals surface area contributed by atoms with Crippen molar-refractivity contribution in [2.45, 2.75) is 6.92 Å². The number of hydrogen-bond acceptors (Lipinski definition) is 4. The molecule has 6 heteroatoms. The van der Waals surface area contributed by atoms with Crippen molar-refractivity contribution in [1.82, 2.24) is 0 Å². The normalized spacial score (nSPS) is 9.95. The summed E-state index contributed by atoms with van der Waals surface area (Å²) in [6.07, 6.45) is 0. The molecular formula is C15H15N3O3. The van der Waals surface area contributed by atoms with Gasteiger partial charge in [0.25, 0.3) is 0 Å². The molecule has 21 heavy (non-hydrogen) atoms. The van der Waals surface area contributed by atoms with E-state index in [4.69, 9.17) is 10.8 Å². The molecule has 6 nitrogen and oxygen atoms in total. The Morgan fingerprint density at radius 1 is 1.05 bits per heavy atom. The molecule has 2 aromatic rings. The van der Waals surface area contributed by atoms with Crippen LogP contribution in [0.3, 0.4) is 0 Å². The minimum absolute atomic E-state index is 0.0398. The number of nitrogens with two attached hydrogens (primary N) is 1. The van der Waals surface area contributed by atoms with Crippen LogP contribution in [0, 0.1) is 0 Å². The van der Waals surface area contributed by atoms with Crippen molar-refractivity contribution in [2.75, 3.05) is 16.4 Å². The minimum Gasteiger partial charge on any atom is -0.478 e. The van der Waals surface area contributed by atoms with E-state index in [9.17, 15) is 9.59 Å². The van der Waals surface area contributed by atoms with Crippen molar-refractivity contribution >= 4 is 34.6 Å². The van der Waals surface area contributed by atoms with Crippen molar-refractivity contribution in [3.8, 4) is 0 Å². The van der Waals surface area contributed by atoms with Gasteiger partial charge in [-0.05, 0) is 36.4 Å². The Kier molecular flexibility index (Phi) is 4.08. The Labute approximate surface area is 121 Å². The van der Waals surface area contributed by atoms with E-state index in [1.54, 1.807) is 24.3 Å². The highest BCUT2D eigenvalue weighted by Gasteiger charge is 2.08. The summed E-state index contributed by atoms with van der Waals surface area (Å²) in [5.41, 5.74) is 7.83. The monoisotopic (exact) mass is 285 g/mol. The molecule has 0 aliphatic carbocycles. The lowest BCUT2D eigenvalue weighted by Gasteiger charge is -2.10. The van der Waals surface area contributed by atoms with Crippen molar-refractivity contribution in [3.63, 3.8) is 0 Å². The lowest BCUT2D eigenvalue weighted by Crippen LogP contribution is -2.06. The molecule has 0 unspecified atom stereocenters. The van der Waals surface area contributed by atoms with Crippen LogP contribution in [0.25, 0.3) is 0 Å². The first-order valence-electron chi connectivity index (χ1n) is 6.23. The molecule has 0 aliphatic rings. The fourth-order valence-corrected chi connectivity index (χ4v) is 1.86. The highest BCUT2D eigenvalue weighted by molar-refractivity contribution is 5.95. The molecule has 0 saturated carbocycles. The number of carboxylic acid groups (broad SMARTS) is 1. The quantitative estimate of drug-likeness (QED) is 0.646. The van der Waals surface area contributed by atoms with E-state index < -0.39 is 5.97 Å². The highest BCUT2D eigenvalue weighted by atomic mass is 16.4. The van der Waals surface area contributed by atoms with Gasteiger partial charge >= 0.3 is 5.97 Å². The second kappa shape index (κ2) is 5.96. The van der Waals surface area contributed by atoms with Crippen molar-refractivity contribution in [1.29, 1.82) is 0 Å². The molecule has 0 spiro atoms. The number of amides is 1. The second-order valence-electron chi connectivity index (χ2n) is 4.49. The molecule has 0 aromatic heterocycles. The molecule has 0 atom stereocenters. The van der Waals surface area contributed by atoms with E-state index in [1.165, 1.54) is 19.1 Å². The average Bonchev–Trinajstić information content (AvgIpc) is 2.40. The highest BCUT2D eigenvalue weighted by Crippen LogP contribution is 2.23. The van der Waals surface area contributed by atoms with Crippen molar-refractivity contribution in [3.05, 3.63) is 48.0 Å². The molecule has 0 aliphatic heterocycles. The zero-order chi connectivity index (χ0) is 15.4. The predicted octanol–water partition coefficient (Wildman–Crippen LogP) is 2.67. The van der Waals surface area contributed by atoms with E-state index in [-0.39, 0.29) is 17.2 Å². The molecule has 2 aromatic carbocycles. The fourth-order valence-electron chi connectivity index (χ4n) is 1.86. The number of rotatable bonds is 4. The summed E-state index contributed by atoms with van der Waals surface area (Å²) in [6, 6.07) is 11.8. The smallest absolute Gasteiger partial charge is 0.337 e. The third-order valence-corrected chi connectivity index (χ3v) is 2.76. The Hall–Kier alpha value is -3.02. The summed E-state index contributed by atoms with van der Waals surface area (Å²) in [5.74, 6) is -1.24. The number of aromatic carboxylic acids is 1. The van der Waals surface area contributed by atoms with Gasteiger partial charge in [0.15, 0.2) is 0 Å². The number of hydrogen-bond donors (Lipinski definition) is 4. The molecule has 5 N–H and O–H groups in total. The van der Waals surface area contributed by atoms with E-state index >= 15 is 0 Å². The van der Waals surface area contributed by atoms with E-state index in [1.807, 2.05) is 6.07 Å². The van der Waals surface area contributed by atoms with E-state index in [2.05, 4.69) is 10.6 Å². The zero-order valence-corrected chi connectivity index (χ0v) is 11.4. The number of anilines is 4. The van der Waals surface area contributed by atoms with Gasteiger partial charge in [-0.1, -0.05) is 6.07 Å². The summed E-state index contributed by atoms with van der Waals surface area (Å²) in [4.78, 5) is 22.1. The van der Waals surface area contributed by atoms with Gasteiger partial charge in [0.05, 0.1) is 5.56 Å². The summed E-state index contributed by atoms with van der Waals surface area (Å²) in [5, 5.41) is 14.8. The lowest BCUT2D eigenvalue weighted by atomic mass is 10.1.